The molecule has 1 N–H and O–H groups in total. The van der Waals surface area contributed by atoms with Gasteiger partial charge in [0.25, 0.3) is 0 Å². The fourth-order valence-electron chi connectivity index (χ4n) is 1.40. The van der Waals surface area contributed by atoms with E-state index in [1.165, 1.54) is 6.42 Å². The van der Waals surface area contributed by atoms with Gasteiger partial charge in [0.1, 0.15) is 0 Å². The van der Waals surface area contributed by atoms with E-state index in [9.17, 15) is 0 Å². The van der Waals surface area contributed by atoms with Crippen molar-refractivity contribution in [2.75, 3.05) is 13.2 Å². The Kier molecular flexibility index (Phi) is 54.3. The number of aliphatic hydroxyl groups excluding tert-OH is 1. The Morgan fingerprint density at radius 2 is 1.54 bits per heavy atom. The summed E-state index contributed by atoms with van der Waals surface area (Å²) in [5.74, 6) is 3.85. The van der Waals surface area contributed by atoms with E-state index in [4.69, 9.17) is 16.3 Å². The summed E-state index contributed by atoms with van der Waals surface area (Å²) in [5, 5.41) is 7.88. The lowest BCUT2D eigenvalue weighted by molar-refractivity contribution is 0.210. The van der Waals surface area contributed by atoms with Crippen molar-refractivity contribution in [1.82, 2.24) is 0 Å². The Hall–Kier alpha value is -1.20. The minimum Gasteiger partial charge on any atom is -0.501 e. The van der Waals surface area contributed by atoms with Crippen LogP contribution in [0.2, 0.25) is 0 Å². The van der Waals surface area contributed by atoms with Crippen LogP contribution in [-0.4, -0.2) is 18.3 Å². The second kappa shape index (κ2) is 40.5. The van der Waals surface area contributed by atoms with Gasteiger partial charge in [-0.15, -0.1) is 12.3 Å². The summed E-state index contributed by atoms with van der Waals surface area (Å²) in [5.41, 5.74) is 1.16. The van der Waals surface area contributed by atoms with Crippen LogP contribution >= 0.6 is 0 Å². The highest BCUT2D eigenvalue weighted by atomic mass is 16.5. The third kappa shape index (κ3) is 49.8. The summed E-state index contributed by atoms with van der Waals surface area (Å²) in [6.07, 6.45) is 16.7. The van der Waals surface area contributed by atoms with Crippen molar-refractivity contribution in [2.24, 2.45) is 11.8 Å². The first-order valence-corrected chi connectivity index (χ1v) is 11.4. The first-order valence-electron chi connectivity index (χ1n) is 11.4. The van der Waals surface area contributed by atoms with Crippen molar-refractivity contribution in [1.29, 1.82) is 0 Å². The number of hydrogen-bond acceptors (Lipinski definition) is 2. The summed E-state index contributed by atoms with van der Waals surface area (Å²) in [4.78, 5) is 0. The Labute approximate surface area is 179 Å². The molecule has 0 aliphatic heterocycles. The Bertz CT molecular complexity index is 320. The standard InChI is InChI=1S/C16H26O.C3H8O.C3H8.2C2H6/c1-6-8-9-16(7-2)11-10-15(5)13-17-12-14(3)4;1-2-3-4;1-3-2;2*1-2/h1,10-11,13-14,16H,7-9,12H2,2-5H3;4H,2-3H2,1H3;3H2,1-2H3;2*1-2H3/b11-10+,15-13+;;;;. The average molecular weight is 399 g/mol. The molecule has 0 amide bonds. The number of hydrogen-bond donors (Lipinski definition) is 1. The molecule has 0 radical (unpaired) electrons. The molecule has 1 unspecified atom stereocenters. The number of rotatable bonds is 9. The third-order valence-corrected chi connectivity index (χ3v) is 2.74. The first kappa shape index (κ1) is 37.5. The fraction of sp³-hybridized carbons (Fsp3) is 0.769. The molecular weight excluding hydrogens is 344 g/mol. The minimum absolute atomic E-state index is 0.319. The Morgan fingerprint density at radius 1 is 1.07 bits per heavy atom. The number of aliphatic hydroxyl groups is 1. The molecule has 0 saturated carbocycles. The van der Waals surface area contributed by atoms with E-state index in [0.717, 1.165) is 37.9 Å². The van der Waals surface area contributed by atoms with Crippen molar-refractivity contribution in [3.05, 3.63) is 24.0 Å². The smallest absolute Gasteiger partial charge is 0.0896 e. The van der Waals surface area contributed by atoms with Crippen LogP contribution in [0.1, 0.15) is 108 Å². The summed E-state index contributed by atoms with van der Waals surface area (Å²) in [7, 11) is 0. The number of allylic oxidation sites excluding steroid dienone is 3. The molecule has 1 atom stereocenters. The van der Waals surface area contributed by atoms with Gasteiger partial charge in [-0.2, -0.15) is 0 Å². The predicted molar refractivity (Wildman–Crippen MR) is 132 cm³/mol. The van der Waals surface area contributed by atoms with Crippen molar-refractivity contribution in [3.63, 3.8) is 0 Å². The van der Waals surface area contributed by atoms with Crippen molar-refractivity contribution in [2.45, 2.75) is 108 Å². The second-order valence-corrected chi connectivity index (χ2v) is 6.29. The van der Waals surface area contributed by atoms with E-state index in [2.05, 4.69) is 59.6 Å². The predicted octanol–water partition coefficient (Wildman–Crippen LogP) is 8.42. The molecule has 0 heterocycles. The molecule has 0 rings (SSSR count). The molecule has 28 heavy (non-hydrogen) atoms. The van der Waals surface area contributed by atoms with Gasteiger partial charge in [-0.1, -0.05) is 87.8 Å². The summed E-state index contributed by atoms with van der Waals surface area (Å²) in [6.45, 7) is 23.8. The van der Waals surface area contributed by atoms with Gasteiger partial charge in [0, 0.05) is 13.0 Å². The van der Waals surface area contributed by atoms with Gasteiger partial charge in [0.15, 0.2) is 0 Å². The van der Waals surface area contributed by atoms with Crippen molar-refractivity contribution < 1.29 is 9.84 Å². The number of ether oxygens (including phenoxy) is 1. The van der Waals surface area contributed by atoms with Gasteiger partial charge in [-0.3, -0.25) is 0 Å². The SMILES string of the molecule is C#CCCC(/C=C/C(C)=C/OCC(C)C)CC.CC.CC.CCC.CCCO. The zero-order valence-electron chi connectivity index (χ0n) is 21.3. The van der Waals surface area contributed by atoms with Crippen LogP contribution in [0.15, 0.2) is 24.0 Å². The maximum absolute atomic E-state index is 7.88. The van der Waals surface area contributed by atoms with Crippen LogP contribution in [0.25, 0.3) is 0 Å². The fourth-order valence-corrected chi connectivity index (χ4v) is 1.40. The van der Waals surface area contributed by atoms with Crippen LogP contribution in [0.4, 0.5) is 0 Å². The van der Waals surface area contributed by atoms with E-state index < -0.39 is 0 Å². The van der Waals surface area contributed by atoms with Gasteiger partial charge in [-0.05, 0) is 43.6 Å². The highest BCUT2D eigenvalue weighted by molar-refractivity contribution is 5.14. The van der Waals surface area contributed by atoms with Gasteiger partial charge in [0.05, 0.1) is 12.9 Å². The molecule has 170 valence electrons. The molecule has 0 fully saturated rings. The van der Waals surface area contributed by atoms with Gasteiger partial charge in [-0.25, -0.2) is 0 Å². The highest BCUT2D eigenvalue weighted by Gasteiger charge is 1.99. The molecule has 0 aromatic rings. The van der Waals surface area contributed by atoms with Gasteiger partial charge in [0.2, 0.25) is 0 Å². The Morgan fingerprint density at radius 3 is 1.86 bits per heavy atom. The molecule has 0 aromatic heterocycles. The molecule has 0 aliphatic carbocycles. The quantitative estimate of drug-likeness (QED) is 0.240. The lowest BCUT2D eigenvalue weighted by Crippen LogP contribution is -1.97. The van der Waals surface area contributed by atoms with Gasteiger partial charge >= 0.3 is 0 Å². The molecular formula is C26H54O2. The molecule has 0 aromatic carbocycles. The lowest BCUT2D eigenvalue weighted by Gasteiger charge is -2.07. The topological polar surface area (TPSA) is 29.5 Å². The largest absolute Gasteiger partial charge is 0.501 e. The zero-order chi connectivity index (χ0) is 23.2. The highest BCUT2D eigenvalue weighted by Crippen LogP contribution is 2.13. The average Bonchev–Trinajstić information content (AvgIpc) is 2.71. The molecule has 0 bridgehead atoms. The summed E-state index contributed by atoms with van der Waals surface area (Å²) < 4.78 is 5.46. The van der Waals surface area contributed by atoms with Crippen molar-refractivity contribution in [3.8, 4) is 12.3 Å². The van der Waals surface area contributed by atoms with E-state index in [0.29, 0.717) is 18.4 Å². The molecule has 0 aliphatic rings. The maximum atomic E-state index is 7.88. The van der Waals surface area contributed by atoms with E-state index in [1.807, 2.05) is 40.9 Å². The maximum Gasteiger partial charge on any atom is 0.0896 e. The number of terminal acetylenes is 1. The molecule has 2 heteroatoms. The van der Waals surface area contributed by atoms with Crippen LogP contribution in [0, 0.1) is 24.2 Å². The third-order valence-electron chi connectivity index (χ3n) is 2.74. The Balaban J connectivity index is -0.000000133. The molecule has 0 saturated heterocycles. The monoisotopic (exact) mass is 398 g/mol. The van der Waals surface area contributed by atoms with E-state index >= 15 is 0 Å². The minimum atomic E-state index is 0.319. The normalized spacial score (nSPS) is 10.6. The zero-order valence-corrected chi connectivity index (χ0v) is 21.3. The summed E-state index contributed by atoms with van der Waals surface area (Å²) >= 11 is 0. The van der Waals surface area contributed by atoms with E-state index in [1.54, 1.807) is 0 Å². The second-order valence-electron chi connectivity index (χ2n) is 6.29. The van der Waals surface area contributed by atoms with E-state index in [-0.39, 0.29) is 0 Å². The molecule has 0 spiro atoms. The lowest BCUT2D eigenvalue weighted by atomic mass is 9.99. The van der Waals surface area contributed by atoms with Crippen LogP contribution < -0.4 is 0 Å². The summed E-state index contributed by atoms with van der Waals surface area (Å²) in [6, 6.07) is 0. The van der Waals surface area contributed by atoms with Crippen LogP contribution in [-0.2, 0) is 4.74 Å². The van der Waals surface area contributed by atoms with Gasteiger partial charge < -0.3 is 9.84 Å². The molecule has 2 nitrogen and oxygen atoms in total. The van der Waals surface area contributed by atoms with Crippen LogP contribution in [0.3, 0.4) is 0 Å². The van der Waals surface area contributed by atoms with Crippen molar-refractivity contribution >= 4 is 0 Å². The first-order chi connectivity index (χ1) is 13.4. The van der Waals surface area contributed by atoms with Crippen LogP contribution in [0.5, 0.6) is 0 Å².